The van der Waals surface area contributed by atoms with Crippen molar-refractivity contribution in [1.29, 1.82) is 0 Å². The highest BCUT2D eigenvalue weighted by Crippen LogP contribution is 2.14. The van der Waals surface area contributed by atoms with Crippen LogP contribution >= 0.6 is 0 Å². The van der Waals surface area contributed by atoms with Crippen LogP contribution in [0.5, 0.6) is 0 Å². The summed E-state index contributed by atoms with van der Waals surface area (Å²) in [6.07, 6.45) is 14.3. The molecule has 1 unspecified atom stereocenters. The quantitative estimate of drug-likeness (QED) is 0.318. The second kappa shape index (κ2) is 11.2. The van der Waals surface area contributed by atoms with E-state index >= 15 is 0 Å². The van der Waals surface area contributed by atoms with Gasteiger partial charge in [-0.1, -0.05) is 64.5 Å². The van der Waals surface area contributed by atoms with Crippen LogP contribution < -0.4 is 0 Å². The zero-order valence-electron chi connectivity index (χ0n) is 11.7. The van der Waals surface area contributed by atoms with Crippen LogP contribution in [0.4, 0.5) is 0 Å². The van der Waals surface area contributed by atoms with Gasteiger partial charge in [-0.3, -0.25) is 0 Å². The highest BCUT2D eigenvalue weighted by molar-refractivity contribution is 4.97. The Hall–Kier alpha value is -0.260. The molecular weight excluding hydrogens is 192 g/mol. The Kier molecular flexibility index (Phi) is 11.0. The minimum absolute atomic E-state index is 0.786. The molecule has 0 aliphatic heterocycles. The molecule has 0 amide bonds. The monoisotopic (exact) mass is 223 g/mol. The first-order valence-electron chi connectivity index (χ1n) is 7.15. The number of hydrogen-bond acceptors (Lipinski definition) is 0. The van der Waals surface area contributed by atoms with Crippen LogP contribution in [0.3, 0.4) is 0 Å². The largest absolute Gasteiger partial charge is 0.0856 e. The zero-order chi connectivity index (χ0) is 12.2. The third-order valence-electron chi connectivity index (χ3n) is 3.32. The Morgan fingerprint density at radius 2 is 1.88 bits per heavy atom. The van der Waals surface area contributed by atoms with Crippen molar-refractivity contribution in [2.45, 2.75) is 78.6 Å². The summed E-state index contributed by atoms with van der Waals surface area (Å²) in [6, 6.07) is 0. The Labute approximate surface area is 104 Å². The van der Waals surface area contributed by atoms with Crippen molar-refractivity contribution in [2.75, 3.05) is 0 Å². The summed E-state index contributed by atoms with van der Waals surface area (Å²) in [5, 5.41) is 0. The molecule has 0 heteroatoms. The molecule has 0 N–H and O–H groups in total. The number of rotatable bonds is 10. The first kappa shape index (κ1) is 15.7. The lowest BCUT2D eigenvalue weighted by molar-refractivity contribution is 0.543. The van der Waals surface area contributed by atoms with Crippen LogP contribution in [0.1, 0.15) is 78.6 Å². The average molecular weight is 223 g/mol. The molecule has 0 saturated heterocycles. The van der Waals surface area contributed by atoms with Gasteiger partial charge in [0.2, 0.25) is 0 Å². The maximum Gasteiger partial charge on any atom is -0.0323 e. The molecule has 0 aliphatic carbocycles. The molecule has 0 aliphatic rings. The summed E-state index contributed by atoms with van der Waals surface area (Å²) in [6.45, 7) is 10.8. The van der Waals surface area contributed by atoms with Gasteiger partial charge in [-0.25, -0.2) is 0 Å². The second-order valence-electron chi connectivity index (χ2n) is 5.19. The Morgan fingerprint density at radius 1 is 1.19 bits per heavy atom. The third kappa shape index (κ3) is 10.3. The Morgan fingerprint density at radius 3 is 2.50 bits per heavy atom. The van der Waals surface area contributed by atoms with E-state index < -0.39 is 0 Å². The molecule has 0 spiro atoms. The van der Waals surface area contributed by atoms with Gasteiger partial charge in [0.25, 0.3) is 0 Å². The summed E-state index contributed by atoms with van der Waals surface area (Å²) in [4.78, 5) is 0. The molecule has 0 aromatic heterocycles. The van der Waals surface area contributed by atoms with Gasteiger partial charge >= 0.3 is 0 Å². The van der Waals surface area contributed by atoms with Crippen LogP contribution in [0.2, 0.25) is 0 Å². The molecule has 0 rings (SSSR count). The van der Waals surface area contributed by atoms with Gasteiger partial charge in [0.05, 0.1) is 0 Å². The molecule has 0 fully saturated rings. The predicted molar refractivity (Wildman–Crippen MR) is 75.5 cm³/mol. The molecule has 0 heterocycles. The lowest BCUT2D eigenvalue weighted by Crippen LogP contribution is -1.90. The van der Waals surface area contributed by atoms with Crippen molar-refractivity contribution in [3.63, 3.8) is 0 Å². The fourth-order valence-electron chi connectivity index (χ4n) is 1.87. The van der Waals surface area contributed by atoms with E-state index in [1.807, 2.05) is 0 Å². The molecule has 0 saturated carbocycles. The topological polar surface area (TPSA) is 0 Å². The zero-order valence-corrected chi connectivity index (χ0v) is 11.7. The van der Waals surface area contributed by atoms with E-state index in [1.165, 1.54) is 51.4 Å². The van der Waals surface area contributed by atoms with E-state index in [0.717, 1.165) is 12.3 Å². The Bertz CT molecular complexity index is 167. The minimum atomic E-state index is 0.786. The van der Waals surface area contributed by atoms with Crippen molar-refractivity contribution >= 4 is 0 Å². The molecule has 16 heavy (non-hydrogen) atoms. The smallest absolute Gasteiger partial charge is 0.0323 e. The van der Waals surface area contributed by atoms with Crippen molar-refractivity contribution in [3.05, 3.63) is 18.6 Å². The van der Waals surface area contributed by atoms with Gasteiger partial charge in [-0.05, 0) is 38.5 Å². The molecule has 1 atom stereocenters. The van der Waals surface area contributed by atoms with Gasteiger partial charge in [0.1, 0.15) is 0 Å². The summed E-state index contributed by atoms with van der Waals surface area (Å²) in [5.41, 5.74) is 1.59. The maximum absolute atomic E-state index is 3.94. The van der Waals surface area contributed by atoms with Gasteiger partial charge in [0, 0.05) is 0 Å². The van der Waals surface area contributed by atoms with Crippen LogP contribution in [-0.4, -0.2) is 0 Å². The van der Waals surface area contributed by atoms with Gasteiger partial charge in [-0.15, -0.1) is 0 Å². The standard InChI is InChI=1S/C16H31/c1-5-7-8-9-10-12-16(4)14-11-13-15(3)6-2/h14-15H,2,5-13H2,1,3-4H3. The lowest BCUT2D eigenvalue weighted by atomic mass is 10.0. The normalized spacial score (nSPS) is 14.1. The fourth-order valence-corrected chi connectivity index (χ4v) is 1.87. The van der Waals surface area contributed by atoms with Crippen LogP contribution in [0.25, 0.3) is 0 Å². The predicted octanol–water partition coefficient (Wildman–Crippen LogP) is 5.93. The molecule has 0 aromatic carbocycles. The second-order valence-corrected chi connectivity index (χ2v) is 5.19. The summed E-state index contributed by atoms with van der Waals surface area (Å²) >= 11 is 0. The van der Waals surface area contributed by atoms with Crippen LogP contribution in [-0.2, 0) is 0 Å². The summed E-state index contributed by atoms with van der Waals surface area (Å²) in [5.74, 6) is 0.786. The SMILES string of the molecule is [CH2]CC(C)CCC=C(C)CCCCCCC. The number of hydrogen-bond donors (Lipinski definition) is 0. The van der Waals surface area contributed by atoms with Crippen LogP contribution in [0.15, 0.2) is 11.6 Å². The van der Waals surface area contributed by atoms with E-state index in [2.05, 4.69) is 33.8 Å². The number of unbranched alkanes of at least 4 members (excludes halogenated alkanes) is 4. The first-order chi connectivity index (χ1) is 7.70. The van der Waals surface area contributed by atoms with E-state index in [9.17, 15) is 0 Å². The van der Waals surface area contributed by atoms with Crippen molar-refractivity contribution in [3.8, 4) is 0 Å². The van der Waals surface area contributed by atoms with Gasteiger partial charge in [0.15, 0.2) is 0 Å². The van der Waals surface area contributed by atoms with Crippen molar-refractivity contribution < 1.29 is 0 Å². The lowest BCUT2D eigenvalue weighted by Gasteiger charge is -2.06. The molecule has 0 aromatic rings. The first-order valence-corrected chi connectivity index (χ1v) is 7.15. The Balaban J connectivity index is 3.40. The van der Waals surface area contributed by atoms with Crippen molar-refractivity contribution in [1.82, 2.24) is 0 Å². The fraction of sp³-hybridized carbons (Fsp3) is 0.812. The molecule has 1 radical (unpaired) electrons. The molecular formula is C16H31. The van der Waals surface area contributed by atoms with Crippen molar-refractivity contribution in [2.24, 2.45) is 5.92 Å². The van der Waals surface area contributed by atoms with Crippen LogP contribution in [0, 0.1) is 12.8 Å². The van der Waals surface area contributed by atoms with E-state index in [1.54, 1.807) is 5.57 Å². The molecule has 0 bridgehead atoms. The molecule has 0 nitrogen and oxygen atoms in total. The van der Waals surface area contributed by atoms with E-state index in [4.69, 9.17) is 0 Å². The van der Waals surface area contributed by atoms with E-state index in [-0.39, 0.29) is 0 Å². The summed E-state index contributed by atoms with van der Waals surface area (Å²) in [7, 11) is 0. The highest BCUT2D eigenvalue weighted by Gasteiger charge is 1.97. The van der Waals surface area contributed by atoms with E-state index in [0.29, 0.717) is 0 Å². The third-order valence-corrected chi connectivity index (χ3v) is 3.32. The van der Waals surface area contributed by atoms with Gasteiger partial charge in [-0.2, -0.15) is 0 Å². The maximum atomic E-state index is 3.94. The molecule has 95 valence electrons. The van der Waals surface area contributed by atoms with Gasteiger partial charge < -0.3 is 0 Å². The minimum Gasteiger partial charge on any atom is -0.0856 e. The highest BCUT2D eigenvalue weighted by atomic mass is 14.0. The summed E-state index contributed by atoms with van der Waals surface area (Å²) < 4.78 is 0. The number of allylic oxidation sites excluding steroid dienone is 2. The average Bonchev–Trinajstić information content (AvgIpc) is 2.28.